The number of hydrogen-bond acceptors (Lipinski definition) is 6. The maximum Gasteiger partial charge on any atom is 0.410 e. The summed E-state index contributed by atoms with van der Waals surface area (Å²) in [4.78, 5) is 27.7. The molecule has 1 saturated heterocycles. The summed E-state index contributed by atoms with van der Waals surface area (Å²) in [7, 11) is 4.25. The zero-order valence-corrected chi connectivity index (χ0v) is 15.9. The van der Waals surface area contributed by atoms with E-state index >= 15 is 0 Å². The minimum atomic E-state index is -0.481. The Kier molecular flexibility index (Phi) is 4.86. The Bertz CT molecular complexity index is 641. The lowest BCUT2D eigenvalue weighted by molar-refractivity contribution is 0.0221. The van der Waals surface area contributed by atoms with Gasteiger partial charge in [-0.1, -0.05) is 0 Å². The number of carbonyl (C=O) groups is 1. The number of anilines is 1. The van der Waals surface area contributed by atoms with Crippen LogP contribution in [0.15, 0.2) is 6.33 Å². The summed E-state index contributed by atoms with van der Waals surface area (Å²) in [5.74, 6) is 1.04. The monoisotopic (exact) mass is 347 g/mol. The maximum absolute atomic E-state index is 12.3. The predicted octanol–water partition coefficient (Wildman–Crippen LogP) is 1.91. The van der Waals surface area contributed by atoms with E-state index in [-0.39, 0.29) is 6.09 Å². The zero-order valence-electron chi connectivity index (χ0n) is 15.9. The van der Waals surface area contributed by atoms with Gasteiger partial charge in [0.15, 0.2) is 0 Å². The molecule has 0 radical (unpaired) electrons. The van der Waals surface area contributed by atoms with Crippen LogP contribution in [-0.2, 0) is 17.7 Å². The van der Waals surface area contributed by atoms with Gasteiger partial charge < -0.3 is 19.4 Å². The van der Waals surface area contributed by atoms with Crippen molar-refractivity contribution >= 4 is 11.9 Å². The molecule has 1 fully saturated rings. The number of carbonyl (C=O) groups excluding carboxylic acids is 1. The topological polar surface area (TPSA) is 61.8 Å². The van der Waals surface area contributed by atoms with Crippen molar-refractivity contribution in [1.82, 2.24) is 19.8 Å². The summed E-state index contributed by atoms with van der Waals surface area (Å²) in [6, 6.07) is 0.562. The highest BCUT2D eigenvalue weighted by molar-refractivity contribution is 5.69. The van der Waals surface area contributed by atoms with E-state index in [4.69, 9.17) is 4.74 Å². The van der Waals surface area contributed by atoms with E-state index in [1.54, 1.807) is 11.2 Å². The van der Waals surface area contributed by atoms with Crippen LogP contribution in [0.2, 0.25) is 0 Å². The Morgan fingerprint density at radius 3 is 2.68 bits per heavy atom. The smallest absolute Gasteiger partial charge is 0.410 e. The fraction of sp³-hybridized carbons (Fsp3) is 0.722. The molecular formula is C18H29N5O2. The number of nitrogens with zero attached hydrogens (tertiary/aromatic N) is 5. The molecule has 1 aromatic rings. The molecule has 0 aromatic carbocycles. The van der Waals surface area contributed by atoms with Crippen LogP contribution >= 0.6 is 0 Å². The SMILES string of the molecule is CN(C)[C@@H]1CCN(c2ncnc3c2CCN(C(=O)OC(C)(C)C)C3)C1. The summed E-state index contributed by atoms with van der Waals surface area (Å²) in [6.45, 7) is 8.80. The van der Waals surface area contributed by atoms with E-state index in [1.165, 1.54) is 5.56 Å². The third-order valence-corrected chi connectivity index (χ3v) is 4.83. The Hall–Kier alpha value is -1.89. The molecule has 3 heterocycles. The van der Waals surface area contributed by atoms with Crippen LogP contribution < -0.4 is 4.90 Å². The molecule has 0 spiro atoms. The molecule has 0 saturated carbocycles. The molecule has 25 heavy (non-hydrogen) atoms. The van der Waals surface area contributed by atoms with Crippen molar-refractivity contribution < 1.29 is 9.53 Å². The Morgan fingerprint density at radius 1 is 1.28 bits per heavy atom. The molecule has 1 aromatic heterocycles. The first-order valence-corrected chi connectivity index (χ1v) is 8.96. The normalized spacial score (nSPS) is 20.8. The van der Waals surface area contributed by atoms with E-state index in [0.29, 0.717) is 19.1 Å². The van der Waals surface area contributed by atoms with Crippen molar-refractivity contribution in [1.29, 1.82) is 0 Å². The molecule has 7 nitrogen and oxygen atoms in total. The molecule has 7 heteroatoms. The third kappa shape index (κ3) is 4.03. The molecule has 0 unspecified atom stereocenters. The van der Waals surface area contributed by atoms with Crippen molar-refractivity contribution in [2.75, 3.05) is 38.6 Å². The highest BCUT2D eigenvalue weighted by Crippen LogP contribution is 2.29. The molecule has 138 valence electrons. The average molecular weight is 347 g/mol. The number of aromatic nitrogens is 2. The molecule has 3 rings (SSSR count). The zero-order chi connectivity index (χ0) is 18.2. The van der Waals surface area contributed by atoms with Gasteiger partial charge in [-0.15, -0.1) is 0 Å². The first kappa shape index (κ1) is 17.9. The molecular weight excluding hydrogens is 318 g/mol. The van der Waals surface area contributed by atoms with Gasteiger partial charge in [0.05, 0.1) is 12.2 Å². The fourth-order valence-electron chi connectivity index (χ4n) is 3.45. The summed E-state index contributed by atoms with van der Waals surface area (Å²) in [5.41, 5.74) is 1.64. The number of likely N-dealkylation sites (N-methyl/N-ethyl adjacent to an activating group) is 1. The second-order valence-corrected chi connectivity index (χ2v) is 8.13. The van der Waals surface area contributed by atoms with Gasteiger partial charge in [-0.3, -0.25) is 0 Å². The molecule has 1 amide bonds. The van der Waals surface area contributed by atoms with Crippen LogP contribution in [0.25, 0.3) is 0 Å². The number of rotatable bonds is 2. The van der Waals surface area contributed by atoms with Crippen LogP contribution in [0.4, 0.5) is 10.6 Å². The molecule has 2 aliphatic heterocycles. The molecule has 0 aliphatic carbocycles. The molecule has 2 aliphatic rings. The Balaban J connectivity index is 1.74. The number of fused-ring (bicyclic) bond motifs is 1. The number of amides is 1. The molecule has 1 atom stereocenters. The lowest BCUT2D eigenvalue weighted by Crippen LogP contribution is -2.41. The van der Waals surface area contributed by atoms with E-state index in [0.717, 1.165) is 37.4 Å². The minimum absolute atomic E-state index is 0.271. The fourth-order valence-corrected chi connectivity index (χ4v) is 3.45. The van der Waals surface area contributed by atoms with Gasteiger partial charge in [-0.05, 0) is 47.7 Å². The number of hydrogen-bond donors (Lipinski definition) is 0. The summed E-state index contributed by atoms with van der Waals surface area (Å²) >= 11 is 0. The van der Waals surface area contributed by atoms with Gasteiger partial charge >= 0.3 is 6.09 Å². The van der Waals surface area contributed by atoms with Gasteiger partial charge in [0.2, 0.25) is 0 Å². The van der Waals surface area contributed by atoms with Crippen LogP contribution in [0.3, 0.4) is 0 Å². The predicted molar refractivity (Wildman–Crippen MR) is 96.7 cm³/mol. The lowest BCUT2D eigenvalue weighted by Gasteiger charge is -2.32. The third-order valence-electron chi connectivity index (χ3n) is 4.83. The van der Waals surface area contributed by atoms with Crippen LogP contribution in [0.5, 0.6) is 0 Å². The van der Waals surface area contributed by atoms with Crippen LogP contribution in [0.1, 0.15) is 38.4 Å². The van der Waals surface area contributed by atoms with Crippen LogP contribution in [0, 0.1) is 0 Å². The maximum atomic E-state index is 12.3. The van der Waals surface area contributed by atoms with E-state index < -0.39 is 5.60 Å². The van der Waals surface area contributed by atoms with Gasteiger partial charge in [-0.25, -0.2) is 14.8 Å². The van der Waals surface area contributed by atoms with Crippen molar-refractivity contribution in [2.45, 2.75) is 51.8 Å². The van der Waals surface area contributed by atoms with Crippen molar-refractivity contribution in [3.05, 3.63) is 17.6 Å². The standard InChI is InChI=1S/C18H29N5O2/c1-18(2,3)25-17(24)23-9-7-14-15(11-23)19-12-20-16(14)22-8-6-13(10-22)21(4)5/h12-13H,6-11H2,1-5H3/t13-/m1/s1. The van der Waals surface area contributed by atoms with Gasteiger partial charge in [0.25, 0.3) is 0 Å². The average Bonchev–Trinajstić information content (AvgIpc) is 3.02. The molecule has 0 bridgehead atoms. The second-order valence-electron chi connectivity index (χ2n) is 8.13. The largest absolute Gasteiger partial charge is 0.444 e. The van der Waals surface area contributed by atoms with Crippen molar-refractivity contribution in [2.24, 2.45) is 0 Å². The first-order valence-electron chi connectivity index (χ1n) is 8.96. The highest BCUT2D eigenvalue weighted by atomic mass is 16.6. The summed E-state index contributed by atoms with van der Waals surface area (Å²) in [5, 5.41) is 0. The Morgan fingerprint density at radius 2 is 2.04 bits per heavy atom. The van der Waals surface area contributed by atoms with Crippen molar-refractivity contribution in [3.63, 3.8) is 0 Å². The quantitative estimate of drug-likeness (QED) is 0.814. The lowest BCUT2D eigenvalue weighted by atomic mass is 10.1. The second kappa shape index (κ2) is 6.78. The Labute approximate surface area is 150 Å². The highest BCUT2D eigenvalue weighted by Gasteiger charge is 2.31. The number of ether oxygens (including phenoxy) is 1. The van der Waals surface area contributed by atoms with Gasteiger partial charge in [0, 0.05) is 31.2 Å². The van der Waals surface area contributed by atoms with E-state index in [1.807, 2.05) is 20.8 Å². The minimum Gasteiger partial charge on any atom is -0.444 e. The van der Waals surface area contributed by atoms with Crippen molar-refractivity contribution in [3.8, 4) is 0 Å². The molecule has 0 N–H and O–H groups in total. The summed E-state index contributed by atoms with van der Waals surface area (Å²) < 4.78 is 5.49. The van der Waals surface area contributed by atoms with E-state index in [2.05, 4.69) is 33.9 Å². The first-order chi connectivity index (χ1) is 11.7. The van der Waals surface area contributed by atoms with Gasteiger partial charge in [0.1, 0.15) is 17.7 Å². The van der Waals surface area contributed by atoms with E-state index in [9.17, 15) is 4.79 Å². The summed E-state index contributed by atoms with van der Waals surface area (Å²) in [6.07, 6.45) is 3.27. The van der Waals surface area contributed by atoms with Gasteiger partial charge in [-0.2, -0.15) is 0 Å². The van der Waals surface area contributed by atoms with Crippen LogP contribution in [-0.4, -0.2) is 71.2 Å².